The second-order valence-corrected chi connectivity index (χ2v) is 5.26. The van der Waals surface area contributed by atoms with Crippen molar-refractivity contribution in [1.82, 2.24) is 10.0 Å². The topological polar surface area (TPSA) is 6.48 Å². The van der Waals surface area contributed by atoms with Crippen LogP contribution in [0.1, 0.15) is 12.8 Å². The largest absolute Gasteiger partial charge is 0.323 e. The summed E-state index contributed by atoms with van der Waals surface area (Å²) >= 11 is 0. The van der Waals surface area contributed by atoms with Crippen LogP contribution in [0, 0.1) is 0 Å². The average Bonchev–Trinajstić information content (AvgIpc) is 2.17. The fourth-order valence-electron chi connectivity index (χ4n) is 2.40. The highest BCUT2D eigenvalue weighted by Gasteiger charge is 2.61. The Balaban J connectivity index is 2.13. The van der Waals surface area contributed by atoms with Crippen LogP contribution in [0.4, 0.5) is 35.1 Å². The molecular weight excluding hydrogens is 300 g/mol. The van der Waals surface area contributed by atoms with Gasteiger partial charge in [0, 0.05) is 13.0 Å². The third-order valence-electron chi connectivity index (χ3n) is 3.35. The molecule has 0 aliphatic carbocycles. The highest BCUT2D eigenvalue weighted by Crippen LogP contribution is 2.43. The summed E-state index contributed by atoms with van der Waals surface area (Å²) in [6.45, 7) is -4.57. The molecule has 0 N–H and O–H groups in total. The molecule has 2 nitrogen and oxygen atoms in total. The number of halogens is 8. The molecule has 2 aliphatic heterocycles. The van der Waals surface area contributed by atoms with E-state index in [4.69, 9.17) is 0 Å². The van der Waals surface area contributed by atoms with Crippen LogP contribution in [-0.4, -0.2) is 59.9 Å². The molecule has 0 radical (unpaired) electrons. The minimum absolute atomic E-state index is 0.354. The molecule has 20 heavy (non-hydrogen) atoms. The normalized spacial score (nSPS) is 33.0. The smallest absolute Gasteiger partial charge is 0.235 e. The first-order valence-corrected chi connectivity index (χ1v) is 5.85. The van der Waals surface area contributed by atoms with Gasteiger partial charge in [0.05, 0.1) is 26.1 Å². The lowest BCUT2D eigenvalue weighted by molar-refractivity contribution is -0.287. The summed E-state index contributed by atoms with van der Waals surface area (Å²) in [5.74, 6) is -16.2. The van der Waals surface area contributed by atoms with Gasteiger partial charge in [-0.2, -0.15) is 17.6 Å². The molecule has 2 aliphatic rings. The molecule has 0 unspecified atom stereocenters. The molecule has 0 aromatic rings. The van der Waals surface area contributed by atoms with Crippen molar-refractivity contribution in [2.45, 2.75) is 36.5 Å². The van der Waals surface area contributed by atoms with Crippen molar-refractivity contribution < 1.29 is 35.1 Å². The molecule has 0 aromatic heterocycles. The van der Waals surface area contributed by atoms with Gasteiger partial charge in [-0.3, -0.25) is 0 Å². The van der Waals surface area contributed by atoms with Gasteiger partial charge in [-0.15, -0.1) is 0 Å². The summed E-state index contributed by atoms with van der Waals surface area (Å²) in [7, 11) is 0. The highest BCUT2D eigenvalue weighted by atomic mass is 19.3. The maximum Gasteiger partial charge on any atom is 0.323 e. The molecule has 0 spiro atoms. The van der Waals surface area contributed by atoms with Crippen LogP contribution in [0.2, 0.25) is 0 Å². The van der Waals surface area contributed by atoms with Crippen LogP contribution in [0.15, 0.2) is 0 Å². The molecule has 0 bridgehead atoms. The molecule has 0 aromatic carbocycles. The van der Waals surface area contributed by atoms with E-state index in [1.807, 2.05) is 0 Å². The monoisotopic (exact) mass is 312 g/mol. The lowest BCUT2D eigenvalue weighted by Crippen LogP contribution is -2.65. The minimum atomic E-state index is -4.44. The maximum atomic E-state index is 13.2. The van der Waals surface area contributed by atoms with Crippen molar-refractivity contribution in [3.63, 3.8) is 0 Å². The van der Waals surface area contributed by atoms with Crippen LogP contribution >= 0.6 is 0 Å². The van der Waals surface area contributed by atoms with E-state index in [0.29, 0.717) is 10.0 Å². The standard InChI is InChI=1S/C10H12F8N2/c11-7(12)3-8(13,14)5-20(4-7)19-2-1-9(15,16)10(17,18)6-19/h1-6H2. The summed E-state index contributed by atoms with van der Waals surface area (Å²) < 4.78 is 105. The van der Waals surface area contributed by atoms with E-state index < -0.39 is 62.7 Å². The summed E-state index contributed by atoms with van der Waals surface area (Å²) in [4.78, 5) is 0. The van der Waals surface area contributed by atoms with Crippen molar-refractivity contribution in [1.29, 1.82) is 0 Å². The lowest BCUT2D eigenvalue weighted by atomic mass is 10.0. The van der Waals surface area contributed by atoms with E-state index in [0.717, 1.165) is 0 Å². The van der Waals surface area contributed by atoms with Crippen molar-refractivity contribution in [3.8, 4) is 0 Å². The fraction of sp³-hybridized carbons (Fsp3) is 1.00. The van der Waals surface area contributed by atoms with Crippen LogP contribution in [0.5, 0.6) is 0 Å². The first kappa shape index (κ1) is 15.7. The summed E-state index contributed by atoms with van der Waals surface area (Å²) in [5, 5.41) is 0.824. The van der Waals surface area contributed by atoms with Crippen molar-refractivity contribution >= 4 is 0 Å². The number of hydrazine groups is 1. The Labute approximate surface area is 109 Å². The van der Waals surface area contributed by atoms with Gasteiger partial charge in [0.2, 0.25) is 0 Å². The number of rotatable bonds is 1. The average molecular weight is 312 g/mol. The zero-order valence-electron chi connectivity index (χ0n) is 10.2. The number of hydrogen-bond donors (Lipinski definition) is 0. The predicted molar refractivity (Wildman–Crippen MR) is 52.2 cm³/mol. The Morgan fingerprint density at radius 2 is 1.10 bits per heavy atom. The molecule has 0 atom stereocenters. The van der Waals surface area contributed by atoms with E-state index in [1.165, 1.54) is 0 Å². The predicted octanol–water partition coefficient (Wildman–Crippen LogP) is 2.85. The van der Waals surface area contributed by atoms with E-state index in [1.54, 1.807) is 0 Å². The van der Waals surface area contributed by atoms with Gasteiger partial charge < -0.3 is 0 Å². The second kappa shape index (κ2) is 4.43. The van der Waals surface area contributed by atoms with Gasteiger partial charge >= 0.3 is 11.8 Å². The Morgan fingerprint density at radius 3 is 1.55 bits per heavy atom. The second-order valence-electron chi connectivity index (χ2n) is 5.26. The number of piperidine rings is 2. The first-order valence-electron chi connectivity index (χ1n) is 5.85. The summed E-state index contributed by atoms with van der Waals surface area (Å²) in [6, 6.07) is 0. The SMILES string of the molecule is FC1(F)CN(N2CCC(F)(F)C(F)(F)C2)CC(F)(F)C1. The fourth-order valence-corrected chi connectivity index (χ4v) is 2.40. The molecule has 0 amide bonds. The molecule has 2 saturated heterocycles. The lowest BCUT2D eigenvalue weighted by Gasteiger charge is -2.47. The van der Waals surface area contributed by atoms with Gasteiger partial charge in [-0.05, 0) is 0 Å². The molecule has 2 fully saturated rings. The molecule has 0 saturated carbocycles. The minimum Gasteiger partial charge on any atom is -0.235 e. The van der Waals surface area contributed by atoms with E-state index in [-0.39, 0.29) is 0 Å². The van der Waals surface area contributed by atoms with Gasteiger partial charge in [-0.1, -0.05) is 0 Å². The van der Waals surface area contributed by atoms with Crippen molar-refractivity contribution in [2.24, 2.45) is 0 Å². The Morgan fingerprint density at radius 1 is 0.600 bits per heavy atom. The van der Waals surface area contributed by atoms with Gasteiger partial charge in [-0.25, -0.2) is 27.6 Å². The zero-order valence-corrected chi connectivity index (χ0v) is 10.2. The van der Waals surface area contributed by atoms with Crippen LogP contribution < -0.4 is 0 Å². The quantitative estimate of drug-likeness (QED) is 0.687. The highest BCUT2D eigenvalue weighted by molar-refractivity contribution is 4.95. The molecular formula is C10H12F8N2. The molecule has 10 heteroatoms. The first-order chi connectivity index (χ1) is 8.84. The van der Waals surface area contributed by atoms with Crippen LogP contribution in [0.3, 0.4) is 0 Å². The third-order valence-corrected chi connectivity index (χ3v) is 3.35. The van der Waals surface area contributed by atoms with Crippen LogP contribution in [-0.2, 0) is 0 Å². The number of nitrogens with zero attached hydrogens (tertiary/aromatic N) is 2. The van der Waals surface area contributed by atoms with E-state index >= 15 is 0 Å². The van der Waals surface area contributed by atoms with Crippen molar-refractivity contribution in [2.75, 3.05) is 26.2 Å². The van der Waals surface area contributed by atoms with E-state index in [2.05, 4.69) is 0 Å². The Kier molecular flexibility index (Phi) is 3.48. The van der Waals surface area contributed by atoms with Gasteiger partial charge in [0.25, 0.3) is 11.8 Å². The maximum absolute atomic E-state index is 13.2. The Bertz CT molecular complexity index is 367. The van der Waals surface area contributed by atoms with E-state index in [9.17, 15) is 35.1 Å². The third kappa shape index (κ3) is 3.00. The summed E-state index contributed by atoms with van der Waals surface area (Å²) in [6.07, 6.45) is -2.94. The molecule has 2 heterocycles. The van der Waals surface area contributed by atoms with Crippen LogP contribution in [0.25, 0.3) is 0 Å². The zero-order chi connectivity index (χ0) is 15.4. The van der Waals surface area contributed by atoms with Crippen molar-refractivity contribution in [3.05, 3.63) is 0 Å². The van der Waals surface area contributed by atoms with Gasteiger partial charge in [0.1, 0.15) is 0 Å². The summed E-state index contributed by atoms with van der Waals surface area (Å²) in [5.41, 5.74) is 0. The Hall–Kier alpha value is -0.640. The number of alkyl halides is 8. The molecule has 118 valence electrons. The number of hydrogen-bond acceptors (Lipinski definition) is 2. The molecule has 2 rings (SSSR count). The van der Waals surface area contributed by atoms with Gasteiger partial charge in [0.15, 0.2) is 0 Å².